The maximum absolute atomic E-state index is 10.8. The molecule has 0 aromatic heterocycles. The molecule has 6 atom stereocenters. The molecule has 1 N–H and O–H groups in total. The molecule has 0 spiro atoms. The zero-order chi connectivity index (χ0) is 14.6. The molecule has 0 aromatic rings. The number of carboxylic acids is 1. The van der Waals surface area contributed by atoms with Gasteiger partial charge in [0.25, 0.3) is 0 Å². The smallest absolute Gasteiger partial charge is 0.317 e. The molecule has 108 valence electrons. The van der Waals surface area contributed by atoms with Gasteiger partial charge in [-0.2, -0.15) is 101 Å². The van der Waals surface area contributed by atoms with Crippen molar-refractivity contribution in [3.63, 3.8) is 0 Å². The second kappa shape index (κ2) is 9.32. The van der Waals surface area contributed by atoms with Crippen LogP contribution in [0.15, 0.2) is 0 Å². The minimum atomic E-state index is -1.04. The third kappa shape index (κ3) is 5.95. The zero-order valence-corrected chi connectivity index (χ0v) is 16.1. The van der Waals surface area contributed by atoms with Crippen LogP contribution in [0.5, 0.6) is 0 Å². The van der Waals surface area contributed by atoms with Crippen molar-refractivity contribution in [2.45, 2.75) is 36.1 Å². The second-order valence-corrected chi connectivity index (χ2v) is 8.71. The highest BCUT2D eigenvalue weighted by Crippen LogP contribution is 2.32. The maximum Gasteiger partial charge on any atom is 0.317 e. The number of aliphatic carboxylic acids is 1. The zero-order valence-electron chi connectivity index (χ0n) is 8.97. The Morgan fingerprint density at radius 2 is 1.00 bits per heavy atom. The molecule has 18 heavy (non-hydrogen) atoms. The van der Waals surface area contributed by atoms with Crippen molar-refractivity contribution in [1.82, 2.24) is 0 Å². The summed E-state index contributed by atoms with van der Waals surface area (Å²) in [6.07, 6.45) is 0. The van der Waals surface area contributed by atoms with Crippen LogP contribution in [-0.2, 0) is 4.79 Å². The Labute approximate surface area is 151 Å². The third-order valence-corrected chi connectivity index (χ3v) is 8.28. The van der Waals surface area contributed by atoms with E-state index in [1.165, 1.54) is 0 Å². The molecule has 6 unspecified atom stereocenters. The molecule has 0 fully saturated rings. The van der Waals surface area contributed by atoms with Gasteiger partial charge in [-0.25, -0.2) is 0 Å². The van der Waals surface area contributed by atoms with E-state index in [0.29, 0.717) is 0 Å². The Balaban J connectivity index is 4.67. The first kappa shape index (κ1) is 20.3. The molecule has 0 bridgehead atoms. The van der Waals surface area contributed by atoms with E-state index in [-0.39, 0.29) is 20.3 Å². The number of carbonyl (C=O) groups is 1. The standard InChI is InChI=1S/C8H16O2S8/c9-7(10)5(15)3(13)1(11)2(12)4(14)6(16)8(17)18/h1-6,8,11-18H,(H,9,10). The molecular formula is C8H16O2S8. The molecule has 0 aliphatic rings. The van der Waals surface area contributed by atoms with Crippen molar-refractivity contribution >= 4 is 107 Å². The van der Waals surface area contributed by atoms with Gasteiger partial charge >= 0.3 is 5.97 Å². The van der Waals surface area contributed by atoms with Crippen LogP contribution in [0.25, 0.3) is 0 Å². The second-order valence-electron chi connectivity index (χ2n) is 3.65. The molecule has 0 aliphatic carbocycles. The normalized spacial score (nSPS) is 22.1. The largest absolute Gasteiger partial charge is 0.480 e. The molecule has 0 radical (unpaired) electrons. The Bertz CT molecular complexity index is 276. The molecule has 2 nitrogen and oxygen atoms in total. The fourth-order valence-corrected chi connectivity index (χ4v) is 4.07. The number of thiol groups is 8. The van der Waals surface area contributed by atoms with Gasteiger partial charge in [0.05, 0.1) is 4.58 Å². The molecule has 0 aromatic carbocycles. The highest BCUT2D eigenvalue weighted by Gasteiger charge is 2.36. The average Bonchev–Trinajstić information content (AvgIpc) is 2.32. The summed E-state index contributed by atoms with van der Waals surface area (Å²) in [6, 6.07) is 0. The van der Waals surface area contributed by atoms with E-state index in [0.717, 1.165) is 0 Å². The molecule has 0 rings (SSSR count). The van der Waals surface area contributed by atoms with Crippen LogP contribution in [0.4, 0.5) is 0 Å². The van der Waals surface area contributed by atoms with Gasteiger partial charge in [-0.05, 0) is 0 Å². The van der Waals surface area contributed by atoms with E-state index >= 15 is 0 Å². The highest BCUT2D eigenvalue weighted by atomic mass is 32.2. The molecule has 0 heterocycles. The van der Waals surface area contributed by atoms with Crippen molar-refractivity contribution in [2.75, 3.05) is 0 Å². The maximum atomic E-state index is 10.8. The number of carboxylic acid groups (broad SMARTS) is 1. The summed E-state index contributed by atoms with van der Waals surface area (Å²) in [7, 11) is 0. The van der Waals surface area contributed by atoms with Crippen LogP contribution in [0.3, 0.4) is 0 Å². The van der Waals surface area contributed by atoms with E-state index in [4.69, 9.17) is 5.11 Å². The Hall–Kier alpha value is 2.27. The third-order valence-electron chi connectivity index (χ3n) is 2.28. The van der Waals surface area contributed by atoms with Crippen LogP contribution < -0.4 is 0 Å². The fraction of sp³-hybridized carbons (Fsp3) is 0.875. The number of hydrogen-bond acceptors (Lipinski definition) is 9. The number of hydrogen-bond donors (Lipinski definition) is 9. The summed E-state index contributed by atoms with van der Waals surface area (Å²) >= 11 is 34.1. The first-order chi connectivity index (χ1) is 8.11. The van der Waals surface area contributed by atoms with Gasteiger partial charge in [-0.3, -0.25) is 4.79 Å². The predicted molar refractivity (Wildman–Crippen MR) is 106 cm³/mol. The van der Waals surface area contributed by atoms with E-state index in [9.17, 15) is 4.79 Å². The Kier molecular flexibility index (Phi) is 10.5. The fourth-order valence-electron chi connectivity index (χ4n) is 1.12. The summed E-state index contributed by atoms with van der Waals surface area (Å²) in [5.74, 6) is -1.04. The van der Waals surface area contributed by atoms with E-state index < -0.39 is 21.7 Å². The predicted octanol–water partition coefficient (Wildman–Crippen LogP) is 2.05. The lowest BCUT2D eigenvalue weighted by Crippen LogP contribution is -2.43. The van der Waals surface area contributed by atoms with Crippen molar-refractivity contribution in [2.24, 2.45) is 0 Å². The van der Waals surface area contributed by atoms with Crippen LogP contribution in [0, 0.1) is 0 Å². The molecule has 0 saturated heterocycles. The SMILES string of the molecule is O=C(O)C(S)C(S)C(S)C(S)C(S)C(S)C(S)S. The molecule has 0 saturated carbocycles. The quantitative estimate of drug-likeness (QED) is 0.242. The lowest BCUT2D eigenvalue weighted by molar-refractivity contribution is -0.136. The summed E-state index contributed by atoms with van der Waals surface area (Å²) in [6.45, 7) is 0. The lowest BCUT2D eigenvalue weighted by atomic mass is 10.1. The van der Waals surface area contributed by atoms with Gasteiger partial charge in [-0.15, -0.1) is 0 Å². The summed E-state index contributed by atoms with van der Waals surface area (Å²) < 4.78 is -0.268. The number of rotatable bonds is 7. The monoisotopic (exact) mass is 400 g/mol. The van der Waals surface area contributed by atoms with Gasteiger partial charge in [-0.1, -0.05) is 0 Å². The van der Waals surface area contributed by atoms with Crippen molar-refractivity contribution < 1.29 is 9.90 Å². The van der Waals surface area contributed by atoms with Crippen LogP contribution >= 0.6 is 101 Å². The minimum Gasteiger partial charge on any atom is -0.480 e. The summed E-state index contributed by atoms with van der Waals surface area (Å²) in [5.41, 5.74) is 0. The van der Waals surface area contributed by atoms with E-state index in [1.807, 2.05) is 0 Å². The van der Waals surface area contributed by atoms with Gasteiger partial charge in [0.2, 0.25) is 0 Å². The molecule has 0 amide bonds. The topological polar surface area (TPSA) is 37.3 Å². The highest BCUT2D eigenvalue weighted by molar-refractivity contribution is 8.01. The van der Waals surface area contributed by atoms with Gasteiger partial charge in [0.15, 0.2) is 0 Å². The van der Waals surface area contributed by atoms with E-state index in [2.05, 4.69) is 101 Å². The lowest BCUT2D eigenvalue weighted by Gasteiger charge is -2.32. The summed E-state index contributed by atoms with van der Waals surface area (Å²) in [5, 5.41) is 6.17. The molecule has 0 aliphatic heterocycles. The molecule has 10 heteroatoms. The van der Waals surface area contributed by atoms with Crippen LogP contribution in [-0.4, -0.2) is 47.2 Å². The van der Waals surface area contributed by atoms with Gasteiger partial charge in [0.1, 0.15) is 5.25 Å². The van der Waals surface area contributed by atoms with Crippen molar-refractivity contribution in [1.29, 1.82) is 0 Å². The first-order valence-electron chi connectivity index (χ1n) is 4.78. The van der Waals surface area contributed by atoms with Crippen molar-refractivity contribution in [3.05, 3.63) is 0 Å². The van der Waals surface area contributed by atoms with Crippen LogP contribution in [0.2, 0.25) is 0 Å². The molecular weight excluding hydrogens is 385 g/mol. The minimum absolute atomic E-state index is 0.221. The van der Waals surface area contributed by atoms with Crippen molar-refractivity contribution in [3.8, 4) is 0 Å². The van der Waals surface area contributed by atoms with E-state index in [1.54, 1.807) is 0 Å². The summed E-state index contributed by atoms with van der Waals surface area (Å²) in [4.78, 5) is 10.8. The van der Waals surface area contributed by atoms with Crippen LogP contribution in [0.1, 0.15) is 0 Å². The average molecular weight is 401 g/mol. The first-order valence-corrected chi connectivity index (χ1v) is 8.91. The van der Waals surface area contributed by atoms with Gasteiger partial charge in [0, 0.05) is 26.2 Å². The Morgan fingerprint density at radius 3 is 1.33 bits per heavy atom. The van der Waals surface area contributed by atoms with Gasteiger partial charge < -0.3 is 5.11 Å². The Morgan fingerprint density at radius 1 is 0.667 bits per heavy atom.